The highest BCUT2D eigenvalue weighted by Gasteiger charge is 2.13. The second-order valence-corrected chi connectivity index (χ2v) is 13.7. The van der Waals surface area contributed by atoms with E-state index in [0.29, 0.717) is 11.9 Å². The van der Waals surface area contributed by atoms with Crippen LogP contribution >= 0.6 is 11.6 Å². The molecule has 2 aromatic heterocycles. The summed E-state index contributed by atoms with van der Waals surface area (Å²) in [6.07, 6.45) is 2.01. The van der Waals surface area contributed by atoms with E-state index in [1.807, 2.05) is 35.0 Å². The van der Waals surface area contributed by atoms with Crippen molar-refractivity contribution in [2.45, 2.75) is 39.0 Å². The lowest BCUT2D eigenvalue weighted by Gasteiger charge is -2.15. The van der Waals surface area contributed by atoms with Crippen molar-refractivity contribution in [3.05, 3.63) is 59.4 Å². The van der Waals surface area contributed by atoms with Crippen LogP contribution < -0.4 is 5.32 Å². The summed E-state index contributed by atoms with van der Waals surface area (Å²) in [6, 6.07) is 15.4. The molecule has 0 saturated heterocycles. The van der Waals surface area contributed by atoms with E-state index >= 15 is 0 Å². The summed E-state index contributed by atoms with van der Waals surface area (Å²) in [5.74, 6) is 0. The third-order valence-corrected chi connectivity index (χ3v) is 6.15. The van der Waals surface area contributed by atoms with Gasteiger partial charge in [0.25, 0.3) is 0 Å². The van der Waals surface area contributed by atoms with Crippen molar-refractivity contribution in [3.8, 4) is 0 Å². The smallest absolute Gasteiger partial charge is 0.145 e. The van der Waals surface area contributed by atoms with Crippen LogP contribution in [0.4, 0.5) is 5.69 Å². The Kier molecular flexibility index (Phi) is 6.01. The van der Waals surface area contributed by atoms with Gasteiger partial charge in [-0.1, -0.05) is 61.6 Å². The van der Waals surface area contributed by atoms with Crippen molar-refractivity contribution in [2.24, 2.45) is 0 Å². The number of ether oxygens (including phenoxy) is 1. The molecule has 1 aromatic carbocycles. The quantitative estimate of drug-likeness (QED) is 0.310. The number of benzene rings is 1. The van der Waals surface area contributed by atoms with Crippen molar-refractivity contribution in [1.82, 2.24) is 9.55 Å². The van der Waals surface area contributed by atoms with Gasteiger partial charge in [-0.3, -0.25) is 0 Å². The summed E-state index contributed by atoms with van der Waals surface area (Å²) in [4.78, 5) is 4.50. The molecular weight excluding hydrogens is 362 g/mol. The monoisotopic (exact) mass is 387 g/mol. The molecule has 4 nitrogen and oxygen atoms in total. The molecule has 0 unspecified atom stereocenters. The molecule has 6 heteroatoms. The number of nitrogens with zero attached hydrogens (tertiary/aromatic N) is 2. The van der Waals surface area contributed by atoms with Crippen molar-refractivity contribution in [1.29, 1.82) is 0 Å². The molecule has 0 aliphatic carbocycles. The van der Waals surface area contributed by atoms with Gasteiger partial charge in [0, 0.05) is 38.5 Å². The lowest BCUT2D eigenvalue weighted by atomic mass is 10.2. The van der Waals surface area contributed by atoms with E-state index in [0.717, 1.165) is 35.9 Å². The maximum absolute atomic E-state index is 6.26. The molecule has 0 spiro atoms. The van der Waals surface area contributed by atoms with E-state index in [-0.39, 0.29) is 0 Å². The highest BCUT2D eigenvalue weighted by atomic mass is 35.5. The second-order valence-electron chi connectivity index (χ2n) is 7.70. The molecule has 0 fully saturated rings. The van der Waals surface area contributed by atoms with Gasteiger partial charge in [-0.15, -0.1) is 0 Å². The summed E-state index contributed by atoms with van der Waals surface area (Å²) < 4.78 is 7.88. The van der Waals surface area contributed by atoms with Crippen molar-refractivity contribution >= 4 is 36.4 Å². The van der Waals surface area contributed by atoms with Gasteiger partial charge in [-0.05, 0) is 23.7 Å². The first kappa shape index (κ1) is 19.0. The number of fused-ring (bicyclic) bond motifs is 1. The predicted molar refractivity (Wildman–Crippen MR) is 113 cm³/mol. The lowest BCUT2D eigenvalue weighted by molar-refractivity contribution is 0.0899. The number of hydrogen-bond acceptors (Lipinski definition) is 3. The van der Waals surface area contributed by atoms with Crippen LogP contribution in [0.15, 0.2) is 48.7 Å². The van der Waals surface area contributed by atoms with Crippen LogP contribution in [-0.4, -0.2) is 24.2 Å². The molecule has 0 atom stereocenters. The third kappa shape index (κ3) is 5.10. The standard InChI is InChI=1S/C20H26ClN3OSi/c1-26(2,3)12-11-25-15-24-10-9-17-18(13-19(21)23-20(17)24)22-14-16-7-5-4-6-8-16/h4-10,13H,11-12,14-15H2,1-3H3,(H,22,23). The molecule has 0 saturated carbocycles. The van der Waals surface area contributed by atoms with Gasteiger partial charge in [0.05, 0.1) is 0 Å². The highest BCUT2D eigenvalue weighted by Crippen LogP contribution is 2.27. The van der Waals surface area contributed by atoms with Crippen LogP contribution in [0.2, 0.25) is 30.8 Å². The minimum absolute atomic E-state index is 0.482. The fourth-order valence-electron chi connectivity index (χ4n) is 2.71. The Bertz CT molecular complexity index is 859. The normalized spacial score (nSPS) is 11.8. The highest BCUT2D eigenvalue weighted by molar-refractivity contribution is 6.76. The average molecular weight is 388 g/mol. The van der Waals surface area contributed by atoms with Gasteiger partial charge in [0.2, 0.25) is 0 Å². The fourth-order valence-corrected chi connectivity index (χ4v) is 3.66. The van der Waals surface area contributed by atoms with Gasteiger partial charge < -0.3 is 14.6 Å². The molecule has 0 bridgehead atoms. The zero-order chi connectivity index (χ0) is 18.6. The molecule has 3 aromatic rings. The summed E-state index contributed by atoms with van der Waals surface area (Å²) in [5.41, 5.74) is 3.06. The van der Waals surface area contributed by atoms with Gasteiger partial charge in [0.15, 0.2) is 0 Å². The minimum atomic E-state index is -1.07. The molecule has 1 N–H and O–H groups in total. The van der Waals surface area contributed by atoms with Crippen molar-refractivity contribution in [3.63, 3.8) is 0 Å². The topological polar surface area (TPSA) is 39.1 Å². The Morgan fingerprint density at radius 1 is 1.15 bits per heavy atom. The average Bonchev–Trinajstić information content (AvgIpc) is 2.99. The number of rotatable bonds is 8. The number of anilines is 1. The number of nitrogens with one attached hydrogen (secondary N) is 1. The Balaban J connectivity index is 1.71. The first-order chi connectivity index (χ1) is 12.4. The SMILES string of the molecule is C[Si](C)(C)CCOCn1ccc2c(NCc3ccccc3)cc(Cl)nc21. The summed E-state index contributed by atoms with van der Waals surface area (Å²) in [7, 11) is -1.07. The minimum Gasteiger partial charge on any atom is -0.380 e. The van der Waals surface area contributed by atoms with Crippen molar-refractivity contribution in [2.75, 3.05) is 11.9 Å². The second kappa shape index (κ2) is 8.25. The number of hydrogen-bond donors (Lipinski definition) is 1. The molecule has 138 valence electrons. The largest absolute Gasteiger partial charge is 0.380 e. The van der Waals surface area contributed by atoms with Crippen LogP contribution in [0.3, 0.4) is 0 Å². The first-order valence-electron chi connectivity index (χ1n) is 8.93. The summed E-state index contributed by atoms with van der Waals surface area (Å²) in [5, 5.41) is 5.01. The molecule has 26 heavy (non-hydrogen) atoms. The maximum Gasteiger partial charge on any atom is 0.145 e. The molecule has 0 aliphatic rings. The van der Waals surface area contributed by atoms with Gasteiger partial charge >= 0.3 is 0 Å². The van der Waals surface area contributed by atoms with Gasteiger partial charge in [-0.25, -0.2) is 4.98 Å². The van der Waals surface area contributed by atoms with E-state index < -0.39 is 8.07 Å². The Morgan fingerprint density at radius 2 is 1.92 bits per heavy atom. The molecule has 3 rings (SSSR count). The first-order valence-corrected chi connectivity index (χ1v) is 13.0. The summed E-state index contributed by atoms with van der Waals surface area (Å²) >= 11 is 6.26. The molecule has 0 aliphatic heterocycles. The van der Waals surface area contributed by atoms with E-state index in [9.17, 15) is 0 Å². The van der Waals surface area contributed by atoms with Gasteiger partial charge in [0.1, 0.15) is 17.5 Å². The van der Waals surface area contributed by atoms with E-state index in [2.05, 4.69) is 48.1 Å². The van der Waals surface area contributed by atoms with Crippen LogP contribution in [-0.2, 0) is 18.0 Å². The number of aromatic nitrogens is 2. The van der Waals surface area contributed by atoms with Crippen molar-refractivity contribution < 1.29 is 4.74 Å². The molecule has 0 amide bonds. The molecule has 2 heterocycles. The molecular formula is C20H26ClN3OSi. The number of halogens is 1. The Labute approximate surface area is 161 Å². The molecule has 0 radical (unpaired) electrons. The fraction of sp³-hybridized carbons (Fsp3) is 0.350. The van der Waals surface area contributed by atoms with Crippen LogP contribution in [0.25, 0.3) is 11.0 Å². The lowest BCUT2D eigenvalue weighted by Crippen LogP contribution is -2.22. The van der Waals surface area contributed by atoms with E-state index in [1.54, 1.807) is 0 Å². The zero-order valence-electron chi connectivity index (χ0n) is 15.6. The maximum atomic E-state index is 6.26. The van der Waals surface area contributed by atoms with E-state index in [4.69, 9.17) is 16.3 Å². The number of pyridine rings is 1. The Morgan fingerprint density at radius 3 is 2.65 bits per heavy atom. The summed E-state index contributed by atoms with van der Waals surface area (Å²) in [6.45, 7) is 9.09. The third-order valence-electron chi connectivity index (χ3n) is 4.25. The van der Waals surface area contributed by atoms with E-state index in [1.165, 1.54) is 5.56 Å². The predicted octanol–water partition coefficient (Wildman–Crippen LogP) is 5.61. The Hall–Kier alpha value is -1.82. The van der Waals surface area contributed by atoms with Gasteiger partial charge in [-0.2, -0.15) is 0 Å². The zero-order valence-corrected chi connectivity index (χ0v) is 17.4. The van der Waals surface area contributed by atoms with Crippen LogP contribution in [0, 0.1) is 0 Å². The van der Waals surface area contributed by atoms with Crippen LogP contribution in [0.5, 0.6) is 0 Å². The van der Waals surface area contributed by atoms with Crippen LogP contribution in [0.1, 0.15) is 5.56 Å².